The highest BCUT2D eigenvalue weighted by molar-refractivity contribution is 7.86. The monoisotopic (exact) mass is 364 g/mol. The molecule has 0 atom stereocenters. The Labute approximate surface area is 164 Å². The molecule has 0 spiro atoms. The van der Waals surface area contributed by atoms with E-state index in [9.17, 15) is 8.42 Å². The number of hydrogen-bond donors (Lipinski definition) is 0. The van der Waals surface area contributed by atoms with E-state index < -0.39 is 10.1 Å². The van der Waals surface area contributed by atoms with Gasteiger partial charge < -0.3 is 0 Å². The minimum Gasteiger partial charge on any atom is -0.266 e. The van der Waals surface area contributed by atoms with Gasteiger partial charge in [0.1, 0.15) is 0 Å². The largest absolute Gasteiger partial charge is 0.296 e. The summed E-state index contributed by atoms with van der Waals surface area (Å²) in [7, 11) is -3.57. The lowest BCUT2D eigenvalue weighted by Gasteiger charge is -2.05. The molecular formula is C19H32MgO3S. The molecule has 0 N–H and O–H groups in total. The van der Waals surface area contributed by atoms with Gasteiger partial charge in [-0.15, -0.1) is 0 Å². The van der Waals surface area contributed by atoms with E-state index >= 15 is 0 Å². The van der Waals surface area contributed by atoms with Crippen LogP contribution in [0.15, 0.2) is 35.2 Å². The van der Waals surface area contributed by atoms with E-state index in [-0.39, 0.29) is 34.6 Å². The zero-order chi connectivity index (χ0) is 16.8. The van der Waals surface area contributed by atoms with Crippen molar-refractivity contribution in [2.24, 2.45) is 0 Å². The quantitative estimate of drug-likeness (QED) is 0.255. The Morgan fingerprint density at radius 2 is 1.21 bits per heavy atom. The Balaban J connectivity index is 0.00000529. The molecular weight excluding hydrogens is 333 g/mol. The van der Waals surface area contributed by atoms with Gasteiger partial charge in [0, 0.05) is 23.1 Å². The summed E-state index contributed by atoms with van der Waals surface area (Å²) in [6.45, 7) is 2.53. The zero-order valence-corrected chi connectivity index (χ0v) is 17.4. The summed E-state index contributed by atoms with van der Waals surface area (Å²) >= 11 is 0. The normalized spacial score (nSPS) is 11.2. The van der Waals surface area contributed by atoms with Crippen LogP contribution in [-0.4, -0.2) is 38.1 Å². The predicted molar refractivity (Wildman–Crippen MR) is 102 cm³/mol. The molecule has 0 aliphatic rings. The van der Waals surface area contributed by atoms with Crippen LogP contribution in [0.25, 0.3) is 0 Å². The van der Waals surface area contributed by atoms with Gasteiger partial charge in [0.15, 0.2) is 0 Å². The standard InChI is InChI=1S/C19H32O3S.Mg/c1-2-3-4-5-6-7-8-9-10-11-15-18-22-23(20,21)19-16-13-12-14-17-19;/h12-14,16-17H,2-11,15,18H2,1H3;. The van der Waals surface area contributed by atoms with Gasteiger partial charge in [0.05, 0.1) is 11.5 Å². The maximum Gasteiger partial charge on any atom is 0.296 e. The minimum atomic E-state index is -3.57. The number of unbranched alkanes of at least 4 members (excludes halogenated alkanes) is 10. The molecule has 0 unspecified atom stereocenters. The van der Waals surface area contributed by atoms with Gasteiger partial charge in [-0.25, -0.2) is 0 Å². The molecule has 0 saturated heterocycles. The van der Waals surface area contributed by atoms with Crippen LogP contribution >= 0.6 is 0 Å². The topological polar surface area (TPSA) is 43.4 Å². The van der Waals surface area contributed by atoms with Crippen LogP contribution in [0.5, 0.6) is 0 Å². The van der Waals surface area contributed by atoms with Gasteiger partial charge in [0.2, 0.25) is 0 Å². The fourth-order valence-corrected chi connectivity index (χ4v) is 3.55. The molecule has 0 aromatic heterocycles. The molecule has 1 aromatic carbocycles. The van der Waals surface area contributed by atoms with Crippen LogP contribution in [-0.2, 0) is 14.3 Å². The van der Waals surface area contributed by atoms with Crippen LogP contribution < -0.4 is 0 Å². The maximum absolute atomic E-state index is 11.9. The number of rotatable bonds is 14. The summed E-state index contributed by atoms with van der Waals surface area (Å²) in [4.78, 5) is 0.239. The molecule has 3 nitrogen and oxygen atoms in total. The van der Waals surface area contributed by atoms with Crippen molar-refractivity contribution in [2.75, 3.05) is 6.61 Å². The molecule has 2 radical (unpaired) electrons. The lowest BCUT2D eigenvalue weighted by molar-refractivity contribution is 0.306. The second kappa shape index (κ2) is 15.2. The minimum absolute atomic E-state index is 0. The van der Waals surface area contributed by atoms with Crippen molar-refractivity contribution in [1.29, 1.82) is 0 Å². The first-order valence-electron chi connectivity index (χ1n) is 9.11. The summed E-state index contributed by atoms with van der Waals surface area (Å²) in [5.41, 5.74) is 0. The predicted octanol–water partition coefficient (Wildman–Crippen LogP) is 5.32. The average Bonchev–Trinajstić information content (AvgIpc) is 2.56. The highest BCUT2D eigenvalue weighted by Gasteiger charge is 2.13. The summed E-state index contributed by atoms with van der Waals surface area (Å²) in [6.07, 6.45) is 13.7. The van der Waals surface area contributed by atoms with Gasteiger partial charge in [-0.05, 0) is 18.6 Å². The van der Waals surface area contributed by atoms with Gasteiger partial charge >= 0.3 is 0 Å². The summed E-state index contributed by atoms with van der Waals surface area (Å²) < 4.78 is 28.9. The lowest BCUT2D eigenvalue weighted by Crippen LogP contribution is -2.07. The van der Waals surface area contributed by atoms with Crippen molar-refractivity contribution in [1.82, 2.24) is 0 Å². The van der Waals surface area contributed by atoms with Crippen molar-refractivity contribution < 1.29 is 12.6 Å². The molecule has 0 aliphatic carbocycles. The van der Waals surface area contributed by atoms with Gasteiger partial charge in [-0.3, -0.25) is 4.18 Å². The van der Waals surface area contributed by atoms with E-state index in [4.69, 9.17) is 4.18 Å². The molecule has 0 heterocycles. The molecule has 5 heteroatoms. The Kier molecular flexibility index (Phi) is 15.1. The Bertz CT molecular complexity index is 489. The molecule has 0 amide bonds. The third-order valence-electron chi connectivity index (χ3n) is 4.02. The zero-order valence-electron chi connectivity index (χ0n) is 15.2. The smallest absolute Gasteiger partial charge is 0.266 e. The fourth-order valence-electron chi connectivity index (χ4n) is 2.59. The van der Waals surface area contributed by atoms with Crippen molar-refractivity contribution in [3.63, 3.8) is 0 Å². The molecule has 0 aliphatic heterocycles. The van der Waals surface area contributed by atoms with Crippen molar-refractivity contribution >= 4 is 33.2 Å². The van der Waals surface area contributed by atoms with Crippen molar-refractivity contribution in [3.05, 3.63) is 30.3 Å². The second-order valence-corrected chi connectivity index (χ2v) is 7.74. The molecule has 24 heavy (non-hydrogen) atoms. The maximum atomic E-state index is 11.9. The van der Waals surface area contributed by atoms with Crippen LogP contribution in [0.4, 0.5) is 0 Å². The van der Waals surface area contributed by atoms with E-state index in [1.165, 1.54) is 57.8 Å². The molecule has 1 rings (SSSR count). The van der Waals surface area contributed by atoms with Crippen LogP contribution in [0.2, 0.25) is 0 Å². The Hall–Kier alpha value is -0.104. The third-order valence-corrected chi connectivity index (χ3v) is 5.34. The van der Waals surface area contributed by atoms with E-state index in [1.807, 2.05) is 0 Å². The highest BCUT2D eigenvalue weighted by atomic mass is 32.2. The first kappa shape index (κ1) is 23.9. The second-order valence-electron chi connectivity index (χ2n) is 6.12. The summed E-state index contributed by atoms with van der Waals surface area (Å²) in [5, 5.41) is 0. The SMILES string of the molecule is CCCCCCCCCCCCCOS(=O)(=O)c1ccccc1.[Mg]. The van der Waals surface area contributed by atoms with Crippen molar-refractivity contribution in [3.8, 4) is 0 Å². The van der Waals surface area contributed by atoms with Gasteiger partial charge in [-0.2, -0.15) is 8.42 Å². The van der Waals surface area contributed by atoms with Crippen molar-refractivity contribution in [2.45, 2.75) is 82.4 Å². The van der Waals surface area contributed by atoms with E-state index in [0.29, 0.717) is 0 Å². The average molecular weight is 365 g/mol. The summed E-state index contributed by atoms with van der Waals surface area (Å²) in [6, 6.07) is 8.34. The molecule has 134 valence electrons. The fraction of sp³-hybridized carbons (Fsp3) is 0.684. The number of hydrogen-bond acceptors (Lipinski definition) is 3. The number of benzene rings is 1. The lowest BCUT2D eigenvalue weighted by atomic mass is 10.1. The van der Waals surface area contributed by atoms with Crippen LogP contribution in [0.1, 0.15) is 77.6 Å². The molecule has 0 saturated carbocycles. The third kappa shape index (κ3) is 11.5. The van der Waals surface area contributed by atoms with E-state index in [0.717, 1.165) is 12.8 Å². The van der Waals surface area contributed by atoms with Gasteiger partial charge in [-0.1, -0.05) is 89.3 Å². The molecule has 0 bridgehead atoms. The molecule has 1 aromatic rings. The Morgan fingerprint density at radius 3 is 1.71 bits per heavy atom. The first-order valence-corrected chi connectivity index (χ1v) is 10.5. The van der Waals surface area contributed by atoms with E-state index in [1.54, 1.807) is 30.3 Å². The molecule has 0 fully saturated rings. The summed E-state index contributed by atoms with van der Waals surface area (Å²) in [5.74, 6) is 0. The first-order chi connectivity index (χ1) is 11.2. The van der Waals surface area contributed by atoms with Crippen LogP contribution in [0, 0.1) is 0 Å². The van der Waals surface area contributed by atoms with E-state index in [2.05, 4.69) is 6.92 Å². The van der Waals surface area contributed by atoms with Crippen LogP contribution in [0.3, 0.4) is 0 Å². The van der Waals surface area contributed by atoms with Gasteiger partial charge in [0.25, 0.3) is 10.1 Å². The highest BCUT2D eigenvalue weighted by Crippen LogP contribution is 2.14. The Morgan fingerprint density at radius 1 is 0.750 bits per heavy atom.